The second kappa shape index (κ2) is 9.72. The maximum atomic E-state index is 13.2. The van der Waals surface area contributed by atoms with E-state index in [-0.39, 0.29) is 22.0 Å². The number of sulfonamides is 1. The fourth-order valence-electron chi connectivity index (χ4n) is 4.41. The van der Waals surface area contributed by atoms with E-state index in [0.717, 1.165) is 28.1 Å². The standard InChI is InChI=1S/C24H25ClN6O3S2/c1-16(31-11-10-20-21(25)4-3-5-22(20)31)23(32)30-14-12-29(13-15-30)18-6-8-19(9-7-18)36(33,34)28-24-26-17(2)27-35-24/h3-11,16H,12-15H2,1-2H3,(H,26,27,28). The lowest BCUT2D eigenvalue weighted by Crippen LogP contribution is -2.50. The number of nitrogens with zero attached hydrogens (tertiary/aromatic N) is 5. The van der Waals surface area contributed by atoms with Gasteiger partial charge < -0.3 is 14.4 Å². The summed E-state index contributed by atoms with van der Waals surface area (Å²) in [7, 11) is -3.74. The summed E-state index contributed by atoms with van der Waals surface area (Å²) in [5.74, 6) is 0.581. The first-order chi connectivity index (χ1) is 17.2. The molecule has 1 aliphatic heterocycles. The Morgan fingerprint density at radius 2 is 1.81 bits per heavy atom. The van der Waals surface area contributed by atoms with Crippen molar-refractivity contribution >= 4 is 60.8 Å². The van der Waals surface area contributed by atoms with Gasteiger partial charge in [-0.05, 0) is 56.3 Å². The lowest BCUT2D eigenvalue weighted by atomic mass is 10.2. The molecule has 2 aromatic carbocycles. The zero-order valence-corrected chi connectivity index (χ0v) is 22.1. The van der Waals surface area contributed by atoms with Crippen molar-refractivity contribution in [3.05, 3.63) is 65.6 Å². The Morgan fingerprint density at radius 1 is 1.08 bits per heavy atom. The predicted molar refractivity (Wildman–Crippen MR) is 142 cm³/mol. The number of carbonyl (C=O) groups is 1. The normalized spacial score (nSPS) is 15.3. The van der Waals surface area contributed by atoms with Crippen LogP contribution in [0.1, 0.15) is 18.8 Å². The number of amides is 1. The van der Waals surface area contributed by atoms with E-state index in [2.05, 4.69) is 19.0 Å². The third-order valence-corrected chi connectivity index (χ3v) is 8.87. The molecule has 4 aromatic rings. The van der Waals surface area contributed by atoms with Crippen LogP contribution in [-0.2, 0) is 14.8 Å². The quantitative estimate of drug-likeness (QED) is 0.391. The number of hydrogen-bond donors (Lipinski definition) is 1. The Bertz CT molecular complexity index is 1510. The number of nitrogens with one attached hydrogen (secondary N) is 1. The molecule has 1 N–H and O–H groups in total. The lowest BCUT2D eigenvalue weighted by Gasteiger charge is -2.37. The first-order valence-corrected chi connectivity index (χ1v) is 14.1. The van der Waals surface area contributed by atoms with Gasteiger partial charge in [0.15, 0.2) is 0 Å². The third kappa shape index (κ3) is 4.78. The molecular formula is C24H25ClN6O3S2. The van der Waals surface area contributed by atoms with Crippen LogP contribution < -0.4 is 9.62 Å². The molecule has 1 saturated heterocycles. The highest BCUT2D eigenvalue weighted by Gasteiger charge is 2.27. The highest BCUT2D eigenvalue weighted by Crippen LogP contribution is 2.28. The molecule has 5 rings (SSSR count). The SMILES string of the molecule is Cc1nsc(NS(=O)(=O)c2ccc(N3CCN(C(=O)C(C)n4ccc5c(Cl)cccc54)CC3)cc2)n1. The van der Waals surface area contributed by atoms with Gasteiger partial charge in [-0.1, -0.05) is 17.7 Å². The van der Waals surface area contributed by atoms with Gasteiger partial charge in [0.05, 0.1) is 10.4 Å². The average molecular weight is 545 g/mol. The summed E-state index contributed by atoms with van der Waals surface area (Å²) in [5.41, 5.74) is 1.85. The van der Waals surface area contributed by atoms with E-state index in [4.69, 9.17) is 11.6 Å². The molecule has 0 bridgehead atoms. The molecule has 1 atom stereocenters. The van der Waals surface area contributed by atoms with Crippen LogP contribution in [0.15, 0.2) is 59.6 Å². The number of carbonyl (C=O) groups excluding carboxylic acids is 1. The van der Waals surface area contributed by atoms with Crippen molar-refractivity contribution in [2.45, 2.75) is 24.8 Å². The number of fused-ring (bicyclic) bond motifs is 1. The number of piperazine rings is 1. The minimum Gasteiger partial charge on any atom is -0.368 e. The van der Waals surface area contributed by atoms with E-state index >= 15 is 0 Å². The molecule has 1 unspecified atom stereocenters. The van der Waals surface area contributed by atoms with Crippen LogP contribution >= 0.6 is 23.1 Å². The second-order valence-corrected chi connectivity index (χ2v) is 11.5. The number of aromatic nitrogens is 3. The van der Waals surface area contributed by atoms with E-state index < -0.39 is 10.0 Å². The molecule has 9 nitrogen and oxygen atoms in total. The van der Waals surface area contributed by atoms with Gasteiger partial charge in [0.25, 0.3) is 10.0 Å². The Morgan fingerprint density at radius 3 is 2.47 bits per heavy atom. The summed E-state index contributed by atoms with van der Waals surface area (Å²) in [6, 6.07) is 14.0. The molecule has 0 radical (unpaired) electrons. The van der Waals surface area contributed by atoms with Gasteiger partial charge in [-0.3, -0.25) is 9.52 Å². The highest BCUT2D eigenvalue weighted by atomic mass is 35.5. The number of benzene rings is 2. The first kappa shape index (κ1) is 24.5. The van der Waals surface area contributed by atoms with Gasteiger partial charge in [-0.25, -0.2) is 13.4 Å². The van der Waals surface area contributed by atoms with Crippen molar-refractivity contribution in [3.8, 4) is 0 Å². The van der Waals surface area contributed by atoms with Crippen LogP contribution in [-0.4, -0.2) is 59.3 Å². The third-order valence-electron chi connectivity index (χ3n) is 6.34. The van der Waals surface area contributed by atoms with E-state index in [9.17, 15) is 13.2 Å². The predicted octanol–water partition coefficient (Wildman–Crippen LogP) is 4.17. The van der Waals surface area contributed by atoms with Crippen LogP contribution in [0.3, 0.4) is 0 Å². The van der Waals surface area contributed by atoms with Crippen LogP contribution in [0.4, 0.5) is 10.8 Å². The summed E-state index contributed by atoms with van der Waals surface area (Å²) in [6.45, 7) is 6.10. The van der Waals surface area contributed by atoms with Crippen molar-refractivity contribution < 1.29 is 13.2 Å². The minimum atomic E-state index is -3.74. The topological polar surface area (TPSA) is 100 Å². The summed E-state index contributed by atoms with van der Waals surface area (Å²) >= 11 is 7.30. The molecule has 1 aliphatic rings. The molecular weight excluding hydrogens is 520 g/mol. The Balaban J connectivity index is 1.22. The maximum absolute atomic E-state index is 13.2. The van der Waals surface area contributed by atoms with Crippen LogP contribution in [0, 0.1) is 6.92 Å². The van der Waals surface area contributed by atoms with Gasteiger partial charge in [0.2, 0.25) is 11.0 Å². The van der Waals surface area contributed by atoms with Crippen LogP contribution in [0.5, 0.6) is 0 Å². The highest BCUT2D eigenvalue weighted by molar-refractivity contribution is 7.93. The number of hydrogen-bond acceptors (Lipinski definition) is 7. The first-order valence-electron chi connectivity index (χ1n) is 11.4. The Labute approximate surface area is 218 Å². The van der Waals surface area contributed by atoms with E-state index in [1.807, 2.05) is 46.9 Å². The smallest absolute Gasteiger partial charge is 0.263 e. The van der Waals surface area contributed by atoms with Crippen LogP contribution in [0.25, 0.3) is 10.9 Å². The number of anilines is 2. The van der Waals surface area contributed by atoms with E-state index in [0.29, 0.717) is 37.0 Å². The van der Waals surface area contributed by atoms with Crippen LogP contribution in [0.2, 0.25) is 5.02 Å². The maximum Gasteiger partial charge on any atom is 0.263 e. The molecule has 2 aromatic heterocycles. The molecule has 1 amide bonds. The van der Waals surface area contributed by atoms with Gasteiger partial charge in [-0.2, -0.15) is 4.37 Å². The Hall–Kier alpha value is -3.15. The second-order valence-electron chi connectivity index (χ2n) is 8.63. The van der Waals surface area contributed by atoms with Gasteiger partial charge in [0.1, 0.15) is 11.9 Å². The molecule has 12 heteroatoms. The summed E-state index contributed by atoms with van der Waals surface area (Å²) < 4.78 is 33.7. The number of halogens is 1. The van der Waals surface area contributed by atoms with Crippen molar-refractivity contribution in [1.82, 2.24) is 18.8 Å². The summed E-state index contributed by atoms with van der Waals surface area (Å²) in [4.78, 5) is 21.5. The zero-order chi connectivity index (χ0) is 25.4. The summed E-state index contributed by atoms with van der Waals surface area (Å²) in [6.07, 6.45) is 1.91. The van der Waals surface area contributed by atoms with E-state index in [1.165, 1.54) is 0 Å². The van der Waals surface area contributed by atoms with Gasteiger partial charge in [0, 0.05) is 60.0 Å². The molecule has 36 heavy (non-hydrogen) atoms. The molecule has 0 saturated carbocycles. The Kier molecular flexibility index (Phi) is 6.62. The fourth-order valence-corrected chi connectivity index (χ4v) is 6.44. The van der Waals surface area contributed by atoms with Crippen molar-refractivity contribution in [1.29, 1.82) is 0 Å². The molecule has 1 fully saturated rings. The van der Waals surface area contributed by atoms with E-state index in [1.54, 1.807) is 31.2 Å². The largest absolute Gasteiger partial charge is 0.368 e. The molecule has 0 spiro atoms. The van der Waals surface area contributed by atoms with Crippen molar-refractivity contribution in [2.75, 3.05) is 35.8 Å². The van der Waals surface area contributed by atoms with Crippen molar-refractivity contribution in [3.63, 3.8) is 0 Å². The van der Waals surface area contributed by atoms with Gasteiger partial charge >= 0.3 is 0 Å². The molecule has 188 valence electrons. The molecule has 0 aliphatic carbocycles. The number of aryl methyl sites for hydroxylation is 1. The fraction of sp³-hybridized carbons (Fsp3) is 0.292. The minimum absolute atomic E-state index is 0.0616. The monoisotopic (exact) mass is 544 g/mol. The van der Waals surface area contributed by atoms with Gasteiger partial charge in [-0.15, -0.1) is 0 Å². The van der Waals surface area contributed by atoms with Crippen molar-refractivity contribution in [2.24, 2.45) is 0 Å². The average Bonchev–Trinajstić information content (AvgIpc) is 3.49. The zero-order valence-electron chi connectivity index (χ0n) is 19.8. The number of rotatable bonds is 6. The molecule has 3 heterocycles. The lowest BCUT2D eigenvalue weighted by molar-refractivity contribution is -0.134. The summed E-state index contributed by atoms with van der Waals surface area (Å²) in [5, 5.41) is 1.84.